The molecule has 0 aliphatic heterocycles. The number of thioether (sulfide) groups is 1. The third-order valence-corrected chi connectivity index (χ3v) is 5.17. The van der Waals surface area contributed by atoms with Gasteiger partial charge in [0.1, 0.15) is 5.58 Å². The zero-order chi connectivity index (χ0) is 16.2. The molecule has 1 fully saturated rings. The monoisotopic (exact) mass is 330 g/mol. The maximum atomic E-state index is 11.8. The van der Waals surface area contributed by atoms with E-state index < -0.39 is 0 Å². The van der Waals surface area contributed by atoms with E-state index in [1.54, 1.807) is 6.07 Å². The van der Waals surface area contributed by atoms with Gasteiger partial charge in [-0.3, -0.25) is 4.99 Å². The first kappa shape index (κ1) is 16.1. The highest BCUT2D eigenvalue weighted by Crippen LogP contribution is 2.25. The van der Waals surface area contributed by atoms with Gasteiger partial charge in [-0.15, -0.1) is 0 Å². The summed E-state index contributed by atoms with van der Waals surface area (Å²) in [5.74, 6) is 0.635. The number of nitrogens with zero attached hydrogens (tertiary/aromatic N) is 1. The van der Waals surface area contributed by atoms with E-state index in [4.69, 9.17) is 10.2 Å². The molecule has 0 spiro atoms. The lowest BCUT2D eigenvalue weighted by Gasteiger charge is -2.08. The summed E-state index contributed by atoms with van der Waals surface area (Å²) in [7, 11) is 0. The van der Waals surface area contributed by atoms with Gasteiger partial charge in [0.15, 0.2) is 5.17 Å². The predicted octanol–water partition coefficient (Wildman–Crippen LogP) is 3.85. The lowest BCUT2D eigenvalue weighted by Crippen LogP contribution is -2.12. The number of benzene rings is 1. The summed E-state index contributed by atoms with van der Waals surface area (Å²) < 4.78 is 5.33. The number of aryl methyl sites for hydroxylation is 1. The molecule has 1 saturated carbocycles. The van der Waals surface area contributed by atoms with Crippen molar-refractivity contribution in [3.63, 3.8) is 0 Å². The normalized spacial score (nSPS) is 16.3. The molecule has 0 amide bonds. The average molecular weight is 330 g/mol. The van der Waals surface area contributed by atoms with Crippen LogP contribution in [0, 0.1) is 0 Å². The van der Waals surface area contributed by atoms with Crippen molar-refractivity contribution in [1.82, 2.24) is 0 Å². The smallest absolute Gasteiger partial charge is 0.336 e. The van der Waals surface area contributed by atoms with Crippen LogP contribution in [0.15, 0.2) is 38.5 Å². The first-order chi connectivity index (χ1) is 11.2. The van der Waals surface area contributed by atoms with E-state index in [2.05, 4.69) is 18.0 Å². The minimum absolute atomic E-state index is 0.312. The number of amidine groups is 1. The van der Waals surface area contributed by atoms with Crippen LogP contribution in [0.5, 0.6) is 0 Å². The molecule has 1 heterocycles. The minimum Gasteiger partial charge on any atom is -0.423 e. The Kier molecular flexibility index (Phi) is 5.06. The molecule has 4 nitrogen and oxygen atoms in total. The van der Waals surface area contributed by atoms with Gasteiger partial charge in [0.25, 0.3) is 0 Å². The van der Waals surface area contributed by atoms with Gasteiger partial charge >= 0.3 is 5.63 Å². The van der Waals surface area contributed by atoms with E-state index >= 15 is 0 Å². The van der Waals surface area contributed by atoms with Crippen LogP contribution in [0.1, 0.15) is 43.7 Å². The molecule has 0 radical (unpaired) electrons. The molecule has 2 aromatic rings. The zero-order valence-corrected chi connectivity index (χ0v) is 14.2. The van der Waals surface area contributed by atoms with Crippen LogP contribution >= 0.6 is 11.8 Å². The first-order valence-electron chi connectivity index (χ1n) is 8.17. The third-order valence-electron chi connectivity index (χ3n) is 4.31. The van der Waals surface area contributed by atoms with Gasteiger partial charge in [-0.05, 0) is 36.5 Å². The second-order valence-electron chi connectivity index (χ2n) is 5.97. The molecule has 1 aromatic heterocycles. The van der Waals surface area contributed by atoms with Gasteiger partial charge < -0.3 is 10.2 Å². The fourth-order valence-electron chi connectivity index (χ4n) is 3.02. The second-order valence-corrected chi connectivity index (χ2v) is 6.96. The molecule has 5 heteroatoms. The molecule has 122 valence electrons. The van der Waals surface area contributed by atoms with E-state index in [9.17, 15) is 4.79 Å². The van der Waals surface area contributed by atoms with Crippen LogP contribution in [0.25, 0.3) is 11.0 Å². The highest BCUT2D eigenvalue weighted by molar-refractivity contribution is 8.13. The Morgan fingerprint density at radius 3 is 2.87 bits per heavy atom. The van der Waals surface area contributed by atoms with Crippen molar-refractivity contribution in [2.45, 2.75) is 50.8 Å². The average Bonchev–Trinajstić information content (AvgIpc) is 3.04. The van der Waals surface area contributed by atoms with Crippen molar-refractivity contribution in [2.75, 3.05) is 0 Å². The second kappa shape index (κ2) is 7.21. The summed E-state index contributed by atoms with van der Waals surface area (Å²) >= 11 is 1.50. The summed E-state index contributed by atoms with van der Waals surface area (Å²) in [6, 6.07) is 7.99. The summed E-state index contributed by atoms with van der Waals surface area (Å²) in [5.41, 5.74) is 8.49. The lowest BCUT2D eigenvalue weighted by molar-refractivity contribution is 0.559. The van der Waals surface area contributed by atoms with Crippen LogP contribution < -0.4 is 11.4 Å². The van der Waals surface area contributed by atoms with Crippen molar-refractivity contribution < 1.29 is 4.42 Å². The quantitative estimate of drug-likeness (QED) is 0.525. The highest BCUT2D eigenvalue weighted by Gasteiger charge is 2.14. The predicted molar refractivity (Wildman–Crippen MR) is 97.0 cm³/mol. The standard InChI is InChI=1S/C18H22N2O2S/c1-2-12-7-8-15-13(10-17(21)22-16(15)9-12)11-23-18(19)20-14-5-3-4-6-14/h7-10,14H,2-6,11H2,1H3,(H2,19,20). The molecule has 23 heavy (non-hydrogen) atoms. The third kappa shape index (κ3) is 3.96. The largest absolute Gasteiger partial charge is 0.423 e. The summed E-state index contributed by atoms with van der Waals surface area (Å²) in [4.78, 5) is 16.4. The van der Waals surface area contributed by atoms with Gasteiger partial charge in [-0.25, -0.2) is 4.79 Å². The molecule has 1 aliphatic carbocycles. The van der Waals surface area contributed by atoms with E-state index in [-0.39, 0.29) is 5.63 Å². The zero-order valence-electron chi connectivity index (χ0n) is 13.4. The molecule has 3 rings (SSSR count). The Morgan fingerprint density at radius 2 is 2.13 bits per heavy atom. The number of hydrogen-bond acceptors (Lipinski definition) is 4. The van der Waals surface area contributed by atoms with Crippen molar-refractivity contribution in [3.8, 4) is 0 Å². The van der Waals surface area contributed by atoms with E-state index in [0.717, 1.165) is 35.8 Å². The van der Waals surface area contributed by atoms with Crippen molar-refractivity contribution in [2.24, 2.45) is 10.7 Å². The molecule has 0 atom stereocenters. The van der Waals surface area contributed by atoms with Crippen molar-refractivity contribution >= 4 is 27.9 Å². The van der Waals surface area contributed by atoms with Crippen molar-refractivity contribution in [1.29, 1.82) is 0 Å². The number of hydrogen-bond donors (Lipinski definition) is 1. The number of nitrogens with two attached hydrogens (primary N) is 1. The maximum Gasteiger partial charge on any atom is 0.336 e. The van der Waals surface area contributed by atoms with E-state index in [1.165, 1.54) is 24.6 Å². The molecule has 1 aromatic carbocycles. The Bertz CT molecular complexity index is 776. The van der Waals surface area contributed by atoms with Gasteiger partial charge in [-0.2, -0.15) is 0 Å². The molecular weight excluding hydrogens is 308 g/mol. The van der Waals surface area contributed by atoms with Crippen molar-refractivity contribution in [3.05, 3.63) is 45.8 Å². The van der Waals surface area contributed by atoms with E-state index in [0.29, 0.717) is 22.5 Å². The summed E-state index contributed by atoms with van der Waals surface area (Å²) in [6.45, 7) is 2.08. The Balaban J connectivity index is 1.80. The summed E-state index contributed by atoms with van der Waals surface area (Å²) in [5, 5.41) is 1.59. The van der Waals surface area contributed by atoms with Gasteiger partial charge in [-0.1, -0.05) is 43.7 Å². The molecule has 0 bridgehead atoms. The molecular formula is C18H22N2O2S. The van der Waals surface area contributed by atoms with E-state index in [1.807, 2.05) is 12.1 Å². The highest BCUT2D eigenvalue weighted by atomic mass is 32.2. The van der Waals surface area contributed by atoms with Crippen LogP contribution in [-0.4, -0.2) is 11.2 Å². The molecule has 0 unspecified atom stereocenters. The Hall–Kier alpha value is -1.75. The molecule has 2 N–H and O–H groups in total. The topological polar surface area (TPSA) is 68.6 Å². The van der Waals surface area contributed by atoms with Gasteiger partial charge in [0.05, 0.1) is 6.04 Å². The van der Waals surface area contributed by atoms with Crippen LogP contribution in [-0.2, 0) is 12.2 Å². The van der Waals surface area contributed by atoms with Gasteiger partial charge in [0.2, 0.25) is 0 Å². The van der Waals surface area contributed by atoms with Crippen LogP contribution in [0.3, 0.4) is 0 Å². The lowest BCUT2D eigenvalue weighted by atomic mass is 10.1. The van der Waals surface area contributed by atoms with Gasteiger partial charge in [0, 0.05) is 17.2 Å². The minimum atomic E-state index is -0.312. The Morgan fingerprint density at radius 1 is 1.35 bits per heavy atom. The first-order valence-corrected chi connectivity index (χ1v) is 9.16. The maximum absolute atomic E-state index is 11.8. The number of aliphatic imine (C=N–C) groups is 1. The fourth-order valence-corrected chi connectivity index (χ4v) is 3.78. The van der Waals surface area contributed by atoms with Crippen LogP contribution in [0.4, 0.5) is 0 Å². The Labute approximate surface area is 140 Å². The number of fused-ring (bicyclic) bond motifs is 1. The SMILES string of the molecule is CCc1ccc2c(CSC(N)=NC3CCCC3)cc(=O)oc2c1. The fraction of sp³-hybridized carbons (Fsp3) is 0.444. The number of rotatable bonds is 4. The molecule has 0 saturated heterocycles. The van der Waals surface area contributed by atoms with Crippen LogP contribution in [0.2, 0.25) is 0 Å². The molecule has 1 aliphatic rings. The summed E-state index contributed by atoms with van der Waals surface area (Å²) in [6.07, 6.45) is 5.68.